The minimum absolute atomic E-state index is 0.174. The van der Waals surface area contributed by atoms with Gasteiger partial charge in [-0.2, -0.15) is 0 Å². The number of carboxylic acid groups (broad SMARTS) is 1. The largest absolute Gasteiger partial charge is 0.481 e. The number of amides is 2. The fraction of sp³-hybridized carbons (Fsp3) is 0.200. The Bertz CT molecular complexity index is 480. The number of rotatable bonds is 4. The summed E-state index contributed by atoms with van der Waals surface area (Å²) in [6, 6.07) is 0.594. The molecule has 0 aliphatic heterocycles. The second-order valence-electron chi connectivity index (χ2n) is 3.25. The molecule has 0 aliphatic rings. The molecule has 0 radical (unpaired) electrons. The first-order valence-electron chi connectivity index (χ1n) is 4.82. The lowest BCUT2D eigenvalue weighted by molar-refractivity contribution is -0.136. The molecule has 5 nitrogen and oxygen atoms in total. The fourth-order valence-corrected chi connectivity index (χ4v) is 1.07. The Labute approximate surface area is 99.6 Å². The average molecular weight is 262 g/mol. The van der Waals surface area contributed by atoms with E-state index in [0.29, 0.717) is 6.07 Å². The van der Waals surface area contributed by atoms with Crippen molar-refractivity contribution in [3.05, 3.63) is 29.6 Å². The molecule has 2 amide bonds. The van der Waals surface area contributed by atoms with Gasteiger partial charge in [-0.05, 0) is 12.1 Å². The van der Waals surface area contributed by atoms with Gasteiger partial charge in [0.25, 0.3) is 0 Å². The molecule has 0 spiro atoms. The number of nitrogens with one attached hydrogen (secondary N) is 2. The Balaban J connectivity index is 2.60. The first kappa shape index (κ1) is 13.8. The molecule has 1 aromatic rings. The molecule has 8 heteroatoms. The van der Waals surface area contributed by atoms with Gasteiger partial charge in [0.1, 0.15) is 0 Å². The Morgan fingerprint density at radius 3 is 2.44 bits per heavy atom. The molecule has 1 aromatic carbocycles. The number of carbonyl (C=O) groups is 2. The number of aliphatic carboxylic acids is 1. The molecule has 0 aromatic heterocycles. The summed E-state index contributed by atoms with van der Waals surface area (Å²) in [7, 11) is 0. The predicted molar refractivity (Wildman–Crippen MR) is 55.6 cm³/mol. The molecule has 18 heavy (non-hydrogen) atoms. The molecule has 0 saturated heterocycles. The van der Waals surface area contributed by atoms with Crippen molar-refractivity contribution in [1.82, 2.24) is 5.32 Å². The first-order valence-corrected chi connectivity index (χ1v) is 4.82. The lowest BCUT2D eigenvalue weighted by atomic mass is 10.3. The molecule has 0 aliphatic carbocycles. The minimum atomic E-state index is -1.70. The van der Waals surface area contributed by atoms with Gasteiger partial charge in [0.15, 0.2) is 17.5 Å². The number of benzene rings is 1. The van der Waals surface area contributed by atoms with Gasteiger partial charge in [0.05, 0.1) is 12.1 Å². The van der Waals surface area contributed by atoms with Crippen LogP contribution in [0.15, 0.2) is 12.1 Å². The quantitative estimate of drug-likeness (QED) is 0.722. The zero-order valence-electron chi connectivity index (χ0n) is 8.97. The average Bonchev–Trinajstić information content (AvgIpc) is 2.29. The number of urea groups is 1. The van der Waals surface area contributed by atoms with Crippen LogP contribution >= 0.6 is 0 Å². The molecule has 0 unspecified atom stereocenters. The Kier molecular flexibility index (Phi) is 4.52. The standard InChI is InChI=1S/C10H9F3N2O3/c11-5-1-2-6(9(13)8(5)12)15-10(18)14-4-3-7(16)17/h1-2H,3-4H2,(H,16,17)(H2,14,15,18). The number of hydrogen-bond acceptors (Lipinski definition) is 2. The van der Waals surface area contributed by atoms with Crippen molar-refractivity contribution in [3.8, 4) is 0 Å². The second-order valence-corrected chi connectivity index (χ2v) is 3.25. The molecule has 98 valence electrons. The van der Waals surface area contributed by atoms with Crippen molar-refractivity contribution in [1.29, 1.82) is 0 Å². The van der Waals surface area contributed by atoms with Crippen molar-refractivity contribution < 1.29 is 27.9 Å². The van der Waals surface area contributed by atoms with Gasteiger partial charge in [0.2, 0.25) is 0 Å². The van der Waals surface area contributed by atoms with Gasteiger partial charge in [-0.25, -0.2) is 18.0 Å². The van der Waals surface area contributed by atoms with Gasteiger partial charge in [-0.15, -0.1) is 0 Å². The van der Waals surface area contributed by atoms with Crippen molar-refractivity contribution in [2.75, 3.05) is 11.9 Å². The lowest BCUT2D eigenvalue weighted by Gasteiger charge is -2.08. The van der Waals surface area contributed by atoms with E-state index in [-0.39, 0.29) is 13.0 Å². The molecule has 0 atom stereocenters. The van der Waals surface area contributed by atoms with Crippen molar-refractivity contribution >= 4 is 17.7 Å². The highest BCUT2D eigenvalue weighted by Crippen LogP contribution is 2.19. The van der Waals surface area contributed by atoms with E-state index in [0.717, 1.165) is 6.07 Å². The van der Waals surface area contributed by atoms with E-state index in [1.165, 1.54) is 0 Å². The summed E-state index contributed by atoms with van der Waals surface area (Å²) in [5.74, 6) is -5.71. The summed E-state index contributed by atoms with van der Waals surface area (Å²) in [5, 5.41) is 12.3. The maximum atomic E-state index is 13.1. The van der Waals surface area contributed by atoms with E-state index in [1.54, 1.807) is 0 Å². The van der Waals surface area contributed by atoms with Crippen LogP contribution in [0.3, 0.4) is 0 Å². The highest BCUT2D eigenvalue weighted by molar-refractivity contribution is 5.89. The number of halogens is 3. The van der Waals surface area contributed by atoms with E-state index >= 15 is 0 Å². The minimum Gasteiger partial charge on any atom is -0.481 e. The summed E-state index contributed by atoms with van der Waals surface area (Å²) in [4.78, 5) is 21.3. The molecular weight excluding hydrogens is 253 g/mol. The zero-order valence-corrected chi connectivity index (χ0v) is 8.97. The number of carboxylic acids is 1. The lowest BCUT2D eigenvalue weighted by Crippen LogP contribution is -2.31. The fourth-order valence-electron chi connectivity index (χ4n) is 1.07. The van der Waals surface area contributed by atoms with Gasteiger partial charge < -0.3 is 15.7 Å². The zero-order chi connectivity index (χ0) is 13.7. The van der Waals surface area contributed by atoms with Crippen LogP contribution < -0.4 is 10.6 Å². The third-order valence-electron chi connectivity index (χ3n) is 1.91. The molecule has 0 bridgehead atoms. The van der Waals surface area contributed by atoms with E-state index in [9.17, 15) is 22.8 Å². The summed E-state index contributed by atoms with van der Waals surface area (Å²) < 4.78 is 38.5. The van der Waals surface area contributed by atoms with Crippen LogP contribution in [-0.2, 0) is 4.79 Å². The van der Waals surface area contributed by atoms with Crippen LogP contribution in [0.1, 0.15) is 6.42 Å². The molecule has 1 rings (SSSR count). The first-order chi connectivity index (χ1) is 8.41. The third-order valence-corrected chi connectivity index (χ3v) is 1.91. The Hall–Kier alpha value is -2.25. The van der Waals surface area contributed by atoms with Crippen molar-refractivity contribution in [2.45, 2.75) is 6.42 Å². The molecule has 0 saturated carbocycles. The van der Waals surface area contributed by atoms with Crippen molar-refractivity contribution in [3.63, 3.8) is 0 Å². The van der Waals surface area contributed by atoms with Crippen LogP contribution in [0, 0.1) is 17.5 Å². The highest BCUT2D eigenvalue weighted by atomic mass is 19.2. The van der Waals surface area contributed by atoms with Gasteiger partial charge in [-0.3, -0.25) is 4.79 Å². The van der Waals surface area contributed by atoms with Gasteiger partial charge in [0, 0.05) is 6.54 Å². The topological polar surface area (TPSA) is 78.4 Å². The maximum Gasteiger partial charge on any atom is 0.319 e. The van der Waals surface area contributed by atoms with Crippen molar-refractivity contribution in [2.24, 2.45) is 0 Å². The predicted octanol–water partition coefficient (Wildman–Crippen LogP) is 1.70. The van der Waals surface area contributed by atoms with E-state index < -0.39 is 35.1 Å². The van der Waals surface area contributed by atoms with E-state index in [4.69, 9.17) is 5.11 Å². The van der Waals surface area contributed by atoms with Crippen LogP contribution in [0.5, 0.6) is 0 Å². The van der Waals surface area contributed by atoms with Crippen LogP contribution in [-0.4, -0.2) is 23.7 Å². The van der Waals surface area contributed by atoms with E-state index in [2.05, 4.69) is 5.32 Å². The Morgan fingerprint density at radius 2 is 1.83 bits per heavy atom. The van der Waals surface area contributed by atoms with Crippen LogP contribution in [0.4, 0.5) is 23.7 Å². The molecule has 3 N–H and O–H groups in total. The summed E-state index contributed by atoms with van der Waals surface area (Å²) >= 11 is 0. The summed E-state index contributed by atoms with van der Waals surface area (Å²) in [6.07, 6.45) is -0.312. The van der Waals surface area contributed by atoms with Gasteiger partial charge in [-0.1, -0.05) is 0 Å². The van der Waals surface area contributed by atoms with Gasteiger partial charge >= 0.3 is 12.0 Å². The Morgan fingerprint density at radius 1 is 1.17 bits per heavy atom. The molecular formula is C10H9F3N2O3. The number of anilines is 1. The third kappa shape index (κ3) is 3.65. The van der Waals surface area contributed by atoms with Crippen LogP contribution in [0.25, 0.3) is 0 Å². The number of carbonyl (C=O) groups excluding carboxylic acids is 1. The SMILES string of the molecule is O=C(O)CCNC(=O)Nc1ccc(F)c(F)c1F. The maximum absolute atomic E-state index is 13.1. The smallest absolute Gasteiger partial charge is 0.319 e. The summed E-state index contributed by atoms with van der Waals surface area (Å²) in [5.41, 5.74) is -0.540. The molecule has 0 fully saturated rings. The highest BCUT2D eigenvalue weighted by Gasteiger charge is 2.14. The number of hydrogen-bond donors (Lipinski definition) is 3. The van der Waals surface area contributed by atoms with Crippen LogP contribution in [0.2, 0.25) is 0 Å². The summed E-state index contributed by atoms with van der Waals surface area (Å²) in [6.45, 7) is -0.174. The normalized spacial score (nSPS) is 9.94. The van der Waals surface area contributed by atoms with E-state index in [1.807, 2.05) is 5.32 Å². The monoisotopic (exact) mass is 262 g/mol. The second kappa shape index (κ2) is 5.89. The molecule has 0 heterocycles.